The van der Waals surface area contributed by atoms with Crippen molar-refractivity contribution in [3.8, 4) is 0 Å². The van der Waals surface area contributed by atoms with Crippen LogP contribution in [0.15, 0.2) is 18.5 Å². The number of nitrogens with two attached hydrogens (primary N) is 1. The molecule has 1 aliphatic rings. The maximum atomic E-state index is 12.4. The van der Waals surface area contributed by atoms with E-state index < -0.39 is 0 Å². The summed E-state index contributed by atoms with van der Waals surface area (Å²) >= 11 is 0. The minimum absolute atomic E-state index is 0.107. The second-order valence-corrected chi connectivity index (χ2v) is 6.54. The molecule has 1 atom stereocenters. The maximum absolute atomic E-state index is 12.4. The van der Waals surface area contributed by atoms with E-state index in [1.165, 1.54) is 12.4 Å². The summed E-state index contributed by atoms with van der Waals surface area (Å²) in [4.78, 5) is 32.7. The molecule has 3 rings (SSSR count). The van der Waals surface area contributed by atoms with Crippen LogP contribution < -0.4 is 16.4 Å². The van der Waals surface area contributed by atoms with Crippen molar-refractivity contribution in [2.24, 2.45) is 5.92 Å². The molecule has 9 heteroatoms. The van der Waals surface area contributed by atoms with Crippen LogP contribution in [-0.2, 0) is 0 Å². The van der Waals surface area contributed by atoms with Gasteiger partial charge in [-0.3, -0.25) is 19.7 Å². The van der Waals surface area contributed by atoms with E-state index in [1.807, 2.05) is 0 Å². The van der Waals surface area contributed by atoms with Gasteiger partial charge in [0.15, 0.2) is 0 Å². The smallest absolute Gasteiger partial charge is 0.291 e. The lowest BCUT2D eigenvalue weighted by molar-refractivity contribution is 0.0886. The van der Waals surface area contributed by atoms with Crippen LogP contribution >= 0.6 is 0 Å². The molecule has 138 valence electrons. The molecule has 0 saturated heterocycles. The molecule has 2 heterocycles. The van der Waals surface area contributed by atoms with Crippen molar-refractivity contribution in [2.45, 2.75) is 38.6 Å². The molecular weight excluding hydrogens is 334 g/mol. The molecule has 0 radical (unpaired) electrons. The molecule has 2 aromatic rings. The zero-order valence-corrected chi connectivity index (χ0v) is 14.7. The number of anilines is 1. The molecule has 2 aromatic heterocycles. The standard InChI is InChI=1S/C17H23N7O2/c1-10-21-15(24-23-10)17(26)22-14(11-4-2-3-5-11)9-20-16(25)12-6-7-19-8-13(12)18/h6-8,11,14H,2-5,9,18H2,1H3,(H,20,25)(H,22,26)(H,21,23,24). The van der Waals surface area contributed by atoms with E-state index in [9.17, 15) is 9.59 Å². The average Bonchev–Trinajstić information content (AvgIpc) is 3.30. The van der Waals surface area contributed by atoms with Crippen LogP contribution in [0.1, 0.15) is 52.5 Å². The van der Waals surface area contributed by atoms with Gasteiger partial charge in [0, 0.05) is 18.8 Å². The van der Waals surface area contributed by atoms with Crippen LogP contribution in [0.3, 0.4) is 0 Å². The Morgan fingerprint density at radius 2 is 2.12 bits per heavy atom. The van der Waals surface area contributed by atoms with E-state index in [-0.39, 0.29) is 23.7 Å². The fourth-order valence-electron chi connectivity index (χ4n) is 3.28. The van der Waals surface area contributed by atoms with Gasteiger partial charge in [0.05, 0.1) is 17.4 Å². The first-order valence-corrected chi connectivity index (χ1v) is 8.72. The molecule has 1 unspecified atom stereocenters. The third-order valence-electron chi connectivity index (χ3n) is 4.66. The van der Waals surface area contributed by atoms with Crippen LogP contribution in [0.25, 0.3) is 0 Å². The van der Waals surface area contributed by atoms with E-state index >= 15 is 0 Å². The highest BCUT2D eigenvalue weighted by Gasteiger charge is 2.28. The average molecular weight is 357 g/mol. The molecule has 5 N–H and O–H groups in total. The van der Waals surface area contributed by atoms with Crippen LogP contribution in [0, 0.1) is 12.8 Å². The summed E-state index contributed by atoms with van der Waals surface area (Å²) in [6.45, 7) is 2.05. The number of carbonyl (C=O) groups is 2. The Labute approximate surface area is 151 Å². The van der Waals surface area contributed by atoms with Gasteiger partial charge in [0.1, 0.15) is 5.82 Å². The van der Waals surface area contributed by atoms with Crippen molar-refractivity contribution >= 4 is 17.5 Å². The van der Waals surface area contributed by atoms with Crippen LogP contribution in [0.5, 0.6) is 0 Å². The molecule has 1 aliphatic carbocycles. The van der Waals surface area contributed by atoms with Crippen molar-refractivity contribution < 1.29 is 9.59 Å². The Morgan fingerprint density at radius 1 is 1.35 bits per heavy atom. The van der Waals surface area contributed by atoms with Gasteiger partial charge >= 0.3 is 0 Å². The third-order valence-corrected chi connectivity index (χ3v) is 4.66. The highest BCUT2D eigenvalue weighted by atomic mass is 16.2. The van der Waals surface area contributed by atoms with Gasteiger partial charge in [0.25, 0.3) is 11.8 Å². The Hall–Kier alpha value is -2.97. The summed E-state index contributed by atoms with van der Waals surface area (Å²) in [5.41, 5.74) is 6.49. The lowest BCUT2D eigenvalue weighted by Gasteiger charge is -2.24. The molecule has 0 bridgehead atoms. The molecular formula is C17H23N7O2. The summed E-state index contributed by atoms with van der Waals surface area (Å²) in [7, 11) is 0. The number of carbonyl (C=O) groups excluding carboxylic acids is 2. The first-order valence-electron chi connectivity index (χ1n) is 8.72. The van der Waals surface area contributed by atoms with Crippen molar-refractivity contribution in [3.05, 3.63) is 35.7 Å². The summed E-state index contributed by atoms with van der Waals surface area (Å²) in [5.74, 6) is 0.373. The fourth-order valence-corrected chi connectivity index (χ4v) is 3.28. The molecule has 26 heavy (non-hydrogen) atoms. The van der Waals surface area contributed by atoms with E-state index in [0.717, 1.165) is 25.7 Å². The number of amides is 2. The minimum atomic E-state index is -0.344. The Kier molecular flexibility index (Phi) is 5.45. The van der Waals surface area contributed by atoms with Gasteiger partial charge in [-0.05, 0) is 31.7 Å². The van der Waals surface area contributed by atoms with Crippen LogP contribution in [-0.4, -0.2) is 44.6 Å². The predicted molar refractivity (Wildman–Crippen MR) is 95.3 cm³/mol. The Morgan fingerprint density at radius 3 is 2.77 bits per heavy atom. The van der Waals surface area contributed by atoms with Gasteiger partial charge < -0.3 is 16.4 Å². The minimum Gasteiger partial charge on any atom is -0.397 e. The fraction of sp³-hybridized carbons (Fsp3) is 0.471. The topological polar surface area (TPSA) is 139 Å². The van der Waals surface area contributed by atoms with Gasteiger partial charge in [-0.1, -0.05) is 12.8 Å². The molecule has 0 aliphatic heterocycles. The number of nitrogens with one attached hydrogen (secondary N) is 3. The number of pyridine rings is 1. The normalized spacial score (nSPS) is 15.6. The number of hydrogen-bond donors (Lipinski definition) is 4. The molecule has 2 amide bonds. The van der Waals surface area contributed by atoms with E-state index in [4.69, 9.17) is 5.73 Å². The summed E-state index contributed by atoms with van der Waals surface area (Å²) in [6.07, 6.45) is 7.25. The number of hydrogen-bond acceptors (Lipinski definition) is 6. The van der Waals surface area contributed by atoms with Gasteiger partial charge in [-0.15, -0.1) is 5.10 Å². The largest absolute Gasteiger partial charge is 0.397 e. The zero-order chi connectivity index (χ0) is 18.5. The van der Waals surface area contributed by atoms with E-state index in [2.05, 4.69) is 30.8 Å². The summed E-state index contributed by atoms with van der Waals surface area (Å²) in [5, 5.41) is 12.4. The maximum Gasteiger partial charge on any atom is 0.291 e. The zero-order valence-electron chi connectivity index (χ0n) is 14.7. The monoisotopic (exact) mass is 357 g/mol. The highest BCUT2D eigenvalue weighted by molar-refractivity contribution is 5.98. The van der Waals surface area contributed by atoms with E-state index in [1.54, 1.807) is 13.0 Å². The third kappa shape index (κ3) is 4.16. The number of nitrogens with zero attached hydrogens (tertiary/aromatic N) is 3. The van der Waals surface area contributed by atoms with E-state index in [0.29, 0.717) is 29.5 Å². The number of H-pyrrole nitrogens is 1. The molecule has 0 spiro atoms. The predicted octanol–water partition coefficient (Wildman–Crippen LogP) is 0.809. The van der Waals surface area contributed by atoms with Gasteiger partial charge in [-0.25, -0.2) is 4.98 Å². The van der Waals surface area contributed by atoms with Crippen molar-refractivity contribution in [1.82, 2.24) is 30.8 Å². The number of aryl methyl sites for hydroxylation is 1. The van der Waals surface area contributed by atoms with Crippen LogP contribution in [0.4, 0.5) is 5.69 Å². The Bertz CT molecular complexity index is 783. The van der Waals surface area contributed by atoms with Gasteiger partial charge in [0.2, 0.25) is 5.82 Å². The lowest BCUT2D eigenvalue weighted by atomic mass is 9.97. The lowest BCUT2D eigenvalue weighted by Crippen LogP contribution is -2.47. The van der Waals surface area contributed by atoms with Gasteiger partial charge in [-0.2, -0.15) is 0 Å². The number of rotatable bonds is 6. The number of aromatic amines is 1. The summed E-state index contributed by atoms with van der Waals surface area (Å²) in [6, 6.07) is 1.39. The quantitative estimate of drug-likeness (QED) is 0.603. The second-order valence-electron chi connectivity index (χ2n) is 6.54. The van der Waals surface area contributed by atoms with Crippen molar-refractivity contribution in [2.75, 3.05) is 12.3 Å². The Balaban J connectivity index is 1.65. The van der Waals surface area contributed by atoms with Crippen molar-refractivity contribution in [3.63, 3.8) is 0 Å². The first kappa shape index (κ1) is 17.8. The first-order chi connectivity index (χ1) is 12.5. The SMILES string of the molecule is Cc1nc(C(=O)NC(CNC(=O)c2ccncc2N)C2CCCC2)n[nH]1. The number of nitrogen functional groups attached to an aromatic ring is 1. The summed E-state index contributed by atoms with van der Waals surface area (Å²) < 4.78 is 0. The van der Waals surface area contributed by atoms with Crippen LogP contribution in [0.2, 0.25) is 0 Å². The number of aromatic nitrogens is 4. The molecule has 1 saturated carbocycles. The molecule has 1 fully saturated rings. The molecule has 0 aromatic carbocycles. The molecule has 9 nitrogen and oxygen atoms in total. The second kappa shape index (κ2) is 7.94. The highest BCUT2D eigenvalue weighted by Crippen LogP contribution is 2.27. The van der Waals surface area contributed by atoms with Crippen molar-refractivity contribution in [1.29, 1.82) is 0 Å².